The molecule has 1 atom stereocenters. The largest absolute Gasteiger partial charge is 0.466 e. The first-order chi connectivity index (χ1) is 11.5. The van der Waals surface area contributed by atoms with E-state index >= 15 is 0 Å². The summed E-state index contributed by atoms with van der Waals surface area (Å²) >= 11 is 0. The number of nitrogens with zero attached hydrogens (tertiary/aromatic N) is 1. The molecule has 24 heavy (non-hydrogen) atoms. The maximum Gasteiger partial charge on any atom is 0.325 e. The number of carbonyl (C=O) groups excluding carboxylic acids is 3. The van der Waals surface area contributed by atoms with Crippen molar-refractivity contribution in [1.82, 2.24) is 15.5 Å². The smallest absolute Gasteiger partial charge is 0.325 e. The zero-order valence-corrected chi connectivity index (χ0v) is 13.8. The molecule has 2 aliphatic rings. The van der Waals surface area contributed by atoms with Gasteiger partial charge in [0, 0.05) is 6.54 Å². The Morgan fingerprint density at radius 3 is 2.79 bits per heavy atom. The number of nitrogens with one attached hydrogen (secondary N) is 2. The lowest BCUT2D eigenvalue weighted by molar-refractivity contribution is -0.135. The molecule has 3 rings (SSSR count). The van der Waals surface area contributed by atoms with Gasteiger partial charge in [0.15, 0.2) is 5.54 Å². The molecule has 0 aromatic carbocycles. The molecule has 0 spiro atoms. The zero-order chi connectivity index (χ0) is 17.2. The molecular weight excluding hydrogens is 310 g/mol. The Kier molecular flexibility index (Phi) is 4.59. The summed E-state index contributed by atoms with van der Waals surface area (Å²) in [6.07, 6.45) is 7.36. The van der Waals surface area contributed by atoms with Gasteiger partial charge in [0.1, 0.15) is 12.3 Å². The van der Waals surface area contributed by atoms with Crippen LogP contribution in [0.25, 0.3) is 0 Å². The molecule has 2 heterocycles. The lowest BCUT2D eigenvalue weighted by atomic mass is 9.89. The molecule has 4 amide bonds. The summed E-state index contributed by atoms with van der Waals surface area (Å²) in [6.45, 7) is 1.91. The first-order valence-electron chi connectivity index (χ1n) is 8.45. The summed E-state index contributed by atoms with van der Waals surface area (Å²) in [7, 11) is 0. The maximum atomic E-state index is 12.6. The highest BCUT2D eigenvalue weighted by molar-refractivity contribution is 6.08. The van der Waals surface area contributed by atoms with Crippen LogP contribution in [0.5, 0.6) is 0 Å². The number of rotatable bonds is 5. The topological polar surface area (TPSA) is 91.7 Å². The highest BCUT2D eigenvalue weighted by atomic mass is 16.3. The minimum Gasteiger partial charge on any atom is -0.466 e. The van der Waals surface area contributed by atoms with E-state index in [2.05, 4.69) is 10.6 Å². The van der Waals surface area contributed by atoms with Crippen molar-refractivity contribution in [3.8, 4) is 0 Å². The van der Waals surface area contributed by atoms with Crippen LogP contribution in [-0.4, -0.2) is 35.8 Å². The molecule has 1 saturated carbocycles. The predicted molar refractivity (Wildman–Crippen MR) is 85.9 cm³/mol. The fourth-order valence-corrected chi connectivity index (χ4v) is 3.42. The van der Waals surface area contributed by atoms with Crippen molar-refractivity contribution >= 4 is 17.8 Å². The molecule has 1 aromatic rings. The van der Waals surface area contributed by atoms with Crippen LogP contribution in [0.15, 0.2) is 22.8 Å². The Morgan fingerprint density at radius 2 is 2.12 bits per heavy atom. The third-order valence-electron chi connectivity index (χ3n) is 4.90. The maximum absolute atomic E-state index is 12.6. The highest BCUT2D eigenvalue weighted by Gasteiger charge is 2.51. The lowest BCUT2D eigenvalue weighted by Gasteiger charge is -2.22. The van der Waals surface area contributed by atoms with Crippen LogP contribution in [0, 0.1) is 5.92 Å². The summed E-state index contributed by atoms with van der Waals surface area (Å²) < 4.78 is 5.26. The Morgan fingerprint density at radius 1 is 1.38 bits per heavy atom. The van der Waals surface area contributed by atoms with E-state index in [9.17, 15) is 14.4 Å². The van der Waals surface area contributed by atoms with Crippen molar-refractivity contribution in [3.63, 3.8) is 0 Å². The van der Waals surface area contributed by atoms with E-state index in [-0.39, 0.29) is 12.5 Å². The van der Waals surface area contributed by atoms with Gasteiger partial charge in [0.2, 0.25) is 5.91 Å². The van der Waals surface area contributed by atoms with E-state index in [1.54, 1.807) is 19.1 Å². The third kappa shape index (κ3) is 3.16. The average molecular weight is 333 g/mol. The summed E-state index contributed by atoms with van der Waals surface area (Å²) in [5.41, 5.74) is -1.26. The van der Waals surface area contributed by atoms with Gasteiger partial charge in [-0.1, -0.05) is 19.3 Å². The summed E-state index contributed by atoms with van der Waals surface area (Å²) in [6, 6.07) is 2.71. The fourth-order valence-electron chi connectivity index (χ4n) is 3.42. The Hall–Kier alpha value is -2.31. The first kappa shape index (κ1) is 16.5. The zero-order valence-electron chi connectivity index (χ0n) is 13.8. The molecule has 1 aliphatic carbocycles. The van der Waals surface area contributed by atoms with Gasteiger partial charge in [-0.2, -0.15) is 0 Å². The predicted octanol–water partition coefficient (Wildman–Crippen LogP) is 1.74. The second-order valence-electron chi connectivity index (χ2n) is 6.73. The standard InChI is InChI=1S/C17H23N3O4/c1-17(13-8-5-9-24-13)15(22)20(16(23)19-17)11-14(21)18-10-12-6-3-2-4-7-12/h5,8-9,12H,2-4,6-7,10-11H2,1H3,(H,18,21)(H,19,23). The van der Waals surface area contributed by atoms with Crippen LogP contribution in [0.3, 0.4) is 0 Å². The Bertz CT molecular complexity index is 622. The van der Waals surface area contributed by atoms with Crippen molar-refractivity contribution < 1.29 is 18.8 Å². The fraction of sp³-hybridized carbons (Fsp3) is 0.588. The molecule has 1 aliphatic heterocycles. The minimum absolute atomic E-state index is 0.270. The van der Waals surface area contributed by atoms with Gasteiger partial charge in [-0.25, -0.2) is 4.79 Å². The SMILES string of the molecule is CC1(c2ccco2)NC(=O)N(CC(=O)NCC2CCCCC2)C1=O. The molecule has 1 unspecified atom stereocenters. The molecular formula is C17H23N3O4. The number of hydrogen-bond acceptors (Lipinski definition) is 4. The van der Waals surface area contributed by atoms with Crippen LogP contribution in [0.2, 0.25) is 0 Å². The lowest BCUT2D eigenvalue weighted by Crippen LogP contribution is -2.44. The molecule has 1 saturated heterocycles. The number of urea groups is 1. The number of carbonyl (C=O) groups is 3. The van der Waals surface area contributed by atoms with Gasteiger partial charge in [-0.3, -0.25) is 14.5 Å². The molecule has 130 valence electrons. The van der Waals surface area contributed by atoms with Crippen molar-refractivity contribution in [1.29, 1.82) is 0 Å². The van der Waals surface area contributed by atoms with Crippen molar-refractivity contribution in [3.05, 3.63) is 24.2 Å². The highest BCUT2D eigenvalue weighted by Crippen LogP contribution is 2.29. The van der Waals surface area contributed by atoms with Crippen LogP contribution >= 0.6 is 0 Å². The first-order valence-corrected chi connectivity index (χ1v) is 8.45. The van der Waals surface area contributed by atoms with Gasteiger partial charge in [0.05, 0.1) is 6.26 Å². The minimum atomic E-state index is -1.26. The van der Waals surface area contributed by atoms with Gasteiger partial charge in [0.25, 0.3) is 5.91 Å². The van der Waals surface area contributed by atoms with E-state index in [0.717, 1.165) is 17.7 Å². The van der Waals surface area contributed by atoms with E-state index < -0.39 is 17.5 Å². The van der Waals surface area contributed by atoms with Crippen LogP contribution in [0.4, 0.5) is 4.79 Å². The average Bonchev–Trinajstić information content (AvgIpc) is 3.19. The molecule has 1 aromatic heterocycles. The molecule has 0 radical (unpaired) electrons. The second-order valence-corrected chi connectivity index (χ2v) is 6.73. The molecule has 2 fully saturated rings. The summed E-state index contributed by atoms with van der Waals surface area (Å²) in [5.74, 6) is 0.0631. The van der Waals surface area contributed by atoms with E-state index in [1.807, 2.05) is 0 Å². The summed E-state index contributed by atoms with van der Waals surface area (Å²) in [5, 5.41) is 5.45. The molecule has 7 heteroatoms. The van der Waals surface area contributed by atoms with Crippen molar-refractivity contribution in [2.75, 3.05) is 13.1 Å². The molecule has 2 N–H and O–H groups in total. The van der Waals surface area contributed by atoms with Gasteiger partial charge >= 0.3 is 6.03 Å². The van der Waals surface area contributed by atoms with Crippen LogP contribution < -0.4 is 10.6 Å². The second kappa shape index (κ2) is 6.67. The Balaban J connectivity index is 1.57. The van der Waals surface area contributed by atoms with Crippen molar-refractivity contribution in [2.45, 2.75) is 44.6 Å². The molecule has 7 nitrogen and oxygen atoms in total. The monoisotopic (exact) mass is 333 g/mol. The van der Waals surface area contributed by atoms with Gasteiger partial charge < -0.3 is 15.1 Å². The van der Waals surface area contributed by atoms with E-state index in [1.165, 1.54) is 25.5 Å². The third-order valence-corrected chi connectivity index (χ3v) is 4.90. The molecule has 0 bridgehead atoms. The normalized spacial score (nSPS) is 25.0. The number of hydrogen-bond donors (Lipinski definition) is 2. The summed E-state index contributed by atoms with van der Waals surface area (Å²) in [4.78, 5) is 37.8. The van der Waals surface area contributed by atoms with Gasteiger partial charge in [-0.15, -0.1) is 0 Å². The van der Waals surface area contributed by atoms with E-state index in [0.29, 0.717) is 18.2 Å². The van der Waals surface area contributed by atoms with Crippen molar-refractivity contribution in [2.24, 2.45) is 5.92 Å². The number of furan rings is 1. The van der Waals surface area contributed by atoms with Crippen LogP contribution in [0.1, 0.15) is 44.8 Å². The van der Waals surface area contributed by atoms with E-state index in [4.69, 9.17) is 4.42 Å². The van der Waals surface area contributed by atoms with Gasteiger partial charge in [-0.05, 0) is 37.8 Å². The number of amides is 4. The van der Waals surface area contributed by atoms with Crippen LogP contribution in [-0.2, 0) is 15.1 Å². The Labute approximate surface area is 140 Å². The number of imide groups is 1. The quantitative estimate of drug-likeness (QED) is 0.803.